The van der Waals surface area contributed by atoms with Crippen LogP contribution in [0.4, 0.5) is 0 Å². The van der Waals surface area contributed by atoms with Crippen molar-refractivity contribution in [1.82, 2.24) is 5.43 Å². The smallest absolute Gasteiger partial charge is 0.345 e. The van der Waals surface area contributed by atoms with E-state index in [4.69, 9.17) is 51.1 Å². The van der Waals surface area contributed by atoms with E-state index >= 15 is 0 Å². The summed E-state index contributed by atoms with van der Waals surface area (Å²) in [4.78, 5) is 24.6. The summed E-state index contributed by atoms with van der Waals surface area (Å²) < 4.78 is 5.42. The summed E-state index contributed by atoms with van der Waals surface area (Å²) in [6, 6.07) is 15.3. The molecule has 0 saturated carbocycles. The number of nitrogens with zero attached hydrogens (tertiary/aromatic N) is 1. The van der Waals surface area contributed by atoms with Gasteiger partial charge in [-0.15, -0.1) is 0 Å². The Morgan fingerprint density at radius 2 is 1.47 bits per heavy atom. The van der Waals surface area contributed by atoms with Gasteiger partial charge in [0.15, 0.2) is 0 Å². The molecule has 0 atom stereocenters. The van der Waals surface area contributed by atoms with Crippen molar-refractivity contribution >= 4 is 64.5 Å². The first-order chi connectivity index (χ1) is 14.3. The lowest BCUT2D eigenvalue weighted by Gasteiger charge is -2.09. The second-order valence-corrected chi connectivity index (χ2v) is 7.62. The summed E-state index contributed by atoms with van der Waals surface area (Å²) >= 11 is 23.7. The molecule has 0 spiro atoms. The number of hydrazone groups is 1. The molecule has 5 nitrogen and oxygen atoms in total. The predicted octanol–water partition coefficient (Wildman–Crippen LogP) is 6.28. The van der Waals surface area contributed by atoms with E-state index in [1.165, 1.54) is 36.5 Å². The van der Waals surface area contributed by atoms with Crippen molar-refractivity contribution < 1.29 is 14.3 Å². The molecular weight excluding hydrogens is 470 g/mol. The molecule has 30 heavy (non-hydrogen) atoms. The molecule has 1 amide bonds. The van der Waals surface area contributed by atoms with E-state index in [-0.39, 0.29) is 16.3 Å². The summed E-state index contributed by atoms with van der Waals surface area (Å²) in [5, 5.41) is 5.36. The van der Waals surface area contributed by atoms with Gasteiger partial charge in [-0.25, -0.2) is 10.2 Å². The number of nitrogens with one attached hydrogen (secondary N) is 1. The molecule has 9 heteroatoms. The van der Waals surface area contributed by atoms with E-state index in [0.717, 1.165) is 0 Å². The topological polar surface area (TPSA) is 67.8 Å². The standard InChI is InChI=1S/C21H12Cl4N2O3/c22-14-3-1-12(2-4-14)20(28)27-26-11-13-9-15(23)6-8-19(13)30-21(29)17-7-5-16(24)10-18(17)25/h1-11H,(H,27,28)/b26-11+. The van der Waals surface area contributed by atoms with Crippen molar-refractivity contribution in [1.29, 1.82) is 0 Å². The highest BCUT2D eigenvalue weighted by molar-refractivity contribution is 6.36. The number of ether oxygens (including phenoxy) is 1. The average molecular weight is 482 g/mol. The third kappa shape index (κ3) is 5.74. The molecule has 0 aromatic heterocycles. The first kappa shape index (κ1) is 22.1. The predicted molar refractivity (Wildman–Crippen MR) is 119 cm³/mol. The van der Waals surface area contributed by atoms with Gasteiger partial charge in [-0.2, -0.15) is 5.10 Å². The van der Waals surface area contributed by atoms with Gasteiger partial charge >= 0.3 is 5.97 Å². The van der Waals surface area contributed by atoms with Gasteiger partial charge < -0.3 is 4.74 Å². The third-order valence-electron chi connectivity index (χ3n) is 3.80. The number of benzene rings is 3. The number of amides is 1. The molecule has 3 rings (SSSR count). The van der Waals surface area contributed by atoms with Crippen LogP contribution in [0.25, 0.3) is 0 Å². The highest BCUT2D eigenvalue weighted by Gasteiger charge is 2.15. The fourth-order valence-corrected chi connectivity index (χ4v) is 3.14. The van der Waals surface area contributed by atoms with Crippen LogP contribution in [0, 0.1) is 0 Å². The van der Waals surface area contributed by atoms with Crippen LogP contribution in [0.5, 0.6) is 5.75 Å². The zero-order valence-electron chi connectivity index (χ0n) is 15.0. The Morgan fingerprint density at radius 3 is 2.17 bits per heavy atom. The lowest BCUT2D eigenvalue weighted by molar-refractivity contribution is 0.0734. The van der Waals surface area contributed by atoms with Crippen LogP contribution in [0.2, 0.25) is 20.1 Å². The van der Waals surface area contributed by atoms with Gasteiger partial charge in [0.2, 0.25) is 0 Å². The van der Waals surface area contributed by atoms with Gasteiger partial charge in [-0.1, -0.05) is 46.4 Å². The van der Waals surface area contributed by atoms with Crippen molar-refractivity contribution in [3.63, 3.8) is 0 Å². The van der Waals surface area contributed by atoms with Crippen LogP contribution in [0.15, 0.2) is 65.8 Å². The molecule has 0 aliphatic heterocycles. The van der Waals surface area contributed by atoms with Crippen molar-refractivity contribution in [2.24, 2.45) is 5.10 Å². The molecule has 0 radical (unpaired) electrons. The zero-order valence-corrected chi connectivity index (χ0v) is 18.1. The number of carbonyl (C=O) groups is 2. The number of esters is 1. The fourth-order valence-electron chi connectivity index (χ4n) is 2.35. The largest absolute Gasteiger partial charge is 0.422 e. The average Bonchev–Trinajstić information content (AvgIpc) is 2.70. The first-order valence-electron chi connectivity index (χ1n) is 8.39. The first-order valence-corrected chi connectivity index (χ1v) is 9.90. The summed E-state index contributed by atoms with van der Waals surface area (Å²) in [5.41, 5.74) is 3.28. The Kier molecular flexibility index (Phi) is 7.34. The van der Waals surface area contributed by atoms with Gasteiger partial charge in [0.1, 0.15) is 5.75 Å². The Hall–Kier alpha value is -2.57. The normalized spacial score (nSPS) is 10.8. The van der Waals surface area contributed by atoms with E-state index in [2.05, 4.69) is 10.5 Å². The lowest BCUT2D eigenvalue weighted by atomic mass is 10.2. The molecule has 0 unspecified atom stereocenters. The van der Waals surface area contributed by atoms with Gasteiger partial charge in [0.05, 0.1) is 16.8 Å². The molecule has 0 bridgehead atoms. The van der Waals surface area contributed by atoms with E-state index in [0.29, 0.717) is 26.2 Å². The second kappa shape index (κ2) is 9.96. The number of hydrogen-bond donors (Lipinski definition) is 1. The molecule has 3 aromatic carbocycles. The molecule has 0 saturated heterocycles. The molecular formula is C21H12Cl4N2O3. The van der Waals surface area contributed by atoms with Gasteiger partial charge in [-0.05, 0) is 60.7 Å². The quantitative estimate of drug-likeness (QED) is 0.201. The Balaban J connectivity index is 1.76. The van der Waals surface area contributed by atoms with Crippen LogP contribution in [-0.2, 0) is 0 Å². The number of hydrogen-bond acceptors (Lipinski definition) is 4. The van der Waals surface area contributed by atoms with E-state index in [9.17, 15) is 9.59 Å². The second-order valence-electron chi connectivity index (χ2n) is 5.90. The molecule has 0 heterocycles. The Morgan fingerprint density at radius 1 is 0.833 bits per heavy atom. The summed E-state index contributed by atoms with van der Waals surface area (Å²) in [6.07, 6.45) is 1.31. The minimum atomic E-state index is -0.682. The summed E-state index contributed by atoms with van der Waals surface area (Å²) in [5.74, 6) is -0.935. The van der Waals surface area contributed by atoms with Gasteiger partial charge in [-0.3, -0.25) is 4.79 Å². The van der Waals surface area contributed by atoms with Gasteiger partial charge in [0, 0.05) is 26.2 Å². The molecule has 1 N–H and O–H groups in total. The Labute approximate surface area is 192 Å². The van der Waals surface area contributed by atoms with Crippen LogP contribution < -0.4 is 10.2 Å². The SMILES string of the molecule is O=C(N/N=C/c1cc(Cl)ccc1OC(=O)c1ccc(Cl)cc1Cl)c1ccc(Cl)cc1. The number of halogens is 4. The van der Waals surface area contributed by atoms with Crippen LogP contribution >= 0.6 is 46.4 Å². The maximum atomic E-state index is 12.5. The molecule has 0 fully saturated rings. The van der Waals surface area contributed by atoms with Crippen molar-refractivity contribution in [2.75, 3.05) is 0 Å². The lowest BCUT2D eigenvalue weighted by Crippen LogP contribution is -2.17. The molecule has 0 aliphatic rings. The maximum Gasteiger partial charge on any atom is 0.345 e. The summed E-state index contributed by atoms with van der Waals surface area (Å²) in [7, 11) is 0. The fraction of sp³-hybridized carbons (Fsp3) is 0. The highest BCUT2D eigenvalue weighted by atomic mass is 35.5. The summed E-state index contributed by atoms with van der Waals surface area (Å²) in [6.45, 7) is 0. The van der Waals surface area contributed by atoms with Crippen molar-refractivity contribution in [3.05, 3.63) is 97.4 Å². The zero-order chi connectivity index (χ0) is 21.7. The van der Waals surface area contributed by atoms with E-state index < -0.39 is 11.9 Å². The Bertz CT molecular complexity index is 1130. The van der Waals surface area contributed by atoms with Crippen molar-refractivity contribution in [2.45, 2.75) is 0 Å². The van der Waals surface area contributed by atoms with E-state index in [1.807, 2.05) is 0 Å². The molecule has 0 aliphatic carbocycles. The van der Waals surface area contributed by atoms with Gasteiger partial charge in [0.25, 0.3) is 5.91 Å². The minimum Gasteiger partial charge on any atom is -0.422 e. The number of carbonyl (C=O) groups excluding carboxylic acids is 2. The van der Waals surface area contributed by atoms with Crippen LogP contribution in [0.3, 0.4) is 0 Å². The van der Waals surface area contributed by atoms with E-state index in [1.54, 1.807) is 30.3 Å². The van der Waals surface area contributed by atoms with Crippen LogP contribution in [0.1, 0.15) is 26.3 Å². The highest BCUT2D eigenvalue weighted by Crippen LogP contribution is 2.25. The maximum absolute atomic E-state index is 12.5. The monoisotopic (exact) mass is 480 g/mol. The van der Waals surface area contributed by atoms with Crippen LogP contribution in [-0.4, -0.2) is 18.1 Å². The number of rotatable bonds is 5. The minimum absolute atomic E-state index is 0.148. The third-order valence-corrected chi connectivity index (χ3v) is 4.84. The molecule has 3 aromatic rings. The van der Waals surface area contributed by atoms with Crippen molar-refractivity contribution in [3.8, 4) is 5.75 Å². The molecule has 152 valence electrons.